The topological polar surface area (TPSA) is 30.7 Å². The van der Waals surface area contributed by atoms with Gasteiger partial charge in [0.1, 0.15) is 12.7 Å². The van der Waals surface area contributed by atoms with Crippen LogP contribution in [0, 0.1) is 0 Å². The van der Waals surface area contributed by atoms with E-state index < -0.39 is 0 Å². The number of nitrogens with zero attached hydrogens (tertiary/aromatic N) is 3. The first kappa shape index (κ1) is 16.2. The van der Waals surface area contributed by atoms with Crippen LogP contribution in [0.15, 0.2) is 12.7 Å². The molecule has 1 heterocycles. The van der Waals surface area contributed by atoms with Crippen molar-refractivity contribution in [3.8, 4) is 0 Å². The quantitative estimate of drug-likeness (QED) is 0.471. The number of hydrogen-bond donors (Lipinski definition) is 0. The zero-order chi connectivity index (χ0) is 13.6. The van der Waals surface area contributed by atoms with Crippen molar-refractivity contribution in [3.05, 3.63) is 12.7 Å². The van der Waals surface area contributed by atoms with E-state index in [0.717, 1.165) is 6.54 Å². The molecule has 0 aromatic carbocycles. The number of unbranched alkanes of at least 4 members (excludes halogenated alkanes) is 11. The van der Waals surface area contributed by atoms with Crippen molar-refractivity contribution < 1.29 is 0 Å². The molecule has 0 fully saturated rings. The van der Waals surface area contributed by atoms with E-state index in [-0.39, 0.29) is 0 Å². The second-order valence-electron chi connectivity index (χ2n) is 5.59. The Hall–Kier alpha value is -0.860. The van der Waals surface area contributed by atoms with Crippen LogP contribution in [0.3, 0.4) is 0 Å². The van der Waals surface area contributed by atoms with Gasteiger partial charge in [0, 0.05) is 6.54 Å². The fourth-order valence-electron chi connectivity index (χ4n) is 2.47. The molecule has 0 saturated heterocycles. The molecule has 110 valence electrons. The molecule has 3 nitrogen and oxygen atoms in total. The van der Waals surface area contributed by atoms with Crippen LogP contribution in [-0.2, 0) is 6.54 Å². The van der Waals surface area contributed by atoms with E-state index in [1.54, 1.807) is 12.7 Å². The van der Waals surface area contributed by atoms with Gasteiger partial charge in [-0.25, -0.2) is 0 Å². The van der Waals surface area contributed by atoms with Crippen molar-refractivity contribution in [1.82, 2.24) is 14.8 Å². The fraction of sp³-hybridized carbons (Fsp3) is 0.875. The smallest absolute Gasteiger partial charge is 0.119 e. The fourth-order valence-corrected chi connectivity index (χ4v) is 2.47. The summed E-state index contributed by atoms with van der Waals surface area (Å²) in [4.78, 5) is 0. The highest BCUT2D eigenvalue weighted by atomic mass is 15.2. The first-order valence-electron chi connectivity index (χ1n) is 8.26. The molecule has 19 heavy (non-hydrogen) atoms. The van der Waals surface area contributed by atoms with E-state index in [1.807, 2.05) is 0 Å². The lowest BCUT2D eigenvalue weighted by atomic mass is 10.1. The largest absolute Gasteiger partial charge is 0.320 e. The lowest BCUT2D eigenvalue weighted by Gasteiger charge is -2.03. The number of hydrogen-bond acceptors (Lipinski definition) is 2. The molecule has 0 atom stereocenters. The molecule has 0 N–H and O–H groups in total. The molecule has 0 bridgehead atoms. The van der Waals surface area contributed by atoms with Crippen LogP contribution in [0.5, 0.6) is 0 Å². The third-order valence-corrected chi connectivity index (χ3v) is 3.74. The Kier molecular flexibility index (Phi) is 10.4. The predicted molar refractivity (Wildman–Crippen MR) is 81.1 cm³/mol. The summed E-state index contributed by atoms with van der Waals surface area (Å²) in [5.74, 6) is 0. The SMILES string of the molecule is CCCCCCCCCCCCCCn1cnnc1. The molecule has 0 spiro atoms. The first-order valence-corrected chi connectivity index (χ1v) is 8.26. The monoisotopic (exact) mass is 265 g/mol. The molecule has 3 heteroatoms. The lowest BCUT2D eigenvalue weighted by molar-refractivity contribution is 0.528. The van der Waals surface area contributed by atoms with E-state index in [4.69, 9.17) is 0 Å². The summed E-state index contributed by atoms with van der Waals surface area (Å²) in [6, 6.07) is 0. The Balaban J connectivity index is 1.72. The average molecular weight is 265 g/mol. The molecule has 1 rings (SSSR count). The molecule has 0 unspecified atom stereocenters. The summed E-state index contributed by atoms with van der Waals surface area (Å²) in [6.45, 7) is 3.35. The van der Waals surface area contributed by atoms with E-state index in [9.17, 15) is 0 Å². The van der Waals surface area contributed by atoms with Crippen molar-refractivity contribution in [2.45, 2.75) is 90.5 Å². The van der Waals surface area contributed by atoms with Crippen molar-refractivity contribution in [2.24, 2.45) is 0 Å². The summed E-state index contributed by atoms with van der Waals surface area (Å²) < 4.78 is 2.07. The van der Waals surface area contributed by atoms with Crippen LogP contribution >= 0.6 is 0 Å². The third-order valence-electron chi connectivity index (χ3n) is 3.74. The van der Waals surface area contributed by atoms with Gasteiger partial charge in [-0.2, -0.15) is 0 Å². The zero-order valence-electron chi connectivity index (χ0n) is 12.7. The maximum atomic E-state index is 3.81. The van der Waals surface area contributed by atoms with Crippen LogP contribution in [0.25, 0.3) is 0 Å². The van der Waals surface area contributed by atoms with E-state index in [1.165, 1.54) is 77.0 Å². The minimum absolute atomic E-state index is 1.07. The molecule has 0 radical (unpaired) electrons. The molecule has 0 aliphatic rings. The molecule has 1 aromatic heterocycles. The minimum Gasteiger partial charge on any atom is -0.320 e. The van der Waals surface area contributed by atoms with Gasteiger partial charge in [0.25, 0.3) is 0 Å². The Morgan fingerprint density at radius 3 is 1.53 bits per heavy atom. The Bertz CT molecular complexity index is 270. The van der Waals surface area contributed by atoms with Crippen LogP contribution < -0.4 is 0 Å². The normalized spacial score (nSPS) is 11.0. The summed E-state index contributed by atoms with van der Waals surface area (Å²) >= 11 is 0. The van der Waals surface area contributed by atoms with Crippen LogP contribution in [0.1, 0.15) is 84.0 Å². The van der Waals surface area contributed by atoms with Gasteiger partial charge >= 0.3 is 0 Å². The Labute approximate surface area is 118 Å². The van der Waals surface area contributed by atoms with Gasteiger partial charge in [-0.15, -0.1) is 10.2 Å². The highest BCUT2D eigenvalue weighted by Gasteiger charge is 1.94. The van der Waals surface area contributed by atoms with Gasteiger partial charge in [0.05, 0.1) is 0 Å². The van der Waals surface area contributed by atoms with Crippen molar-refractivity contribution >= 4 is 0 Å². The van der Waals surface area contributed by atoms with Crippen molar-refractivity contribution in [2.75, 3.05) is 0 Å². The second kappa shape index (κ2) is 12.2. The molecular formula is C16H31N3. The summed E-state index contributed by atoms with van der Waals surface area (Å²) in [5.41, 5.74) is 0. The van der Waals surface area contributed by atoms with Crippen molar-refractivity contribution in [1.29, 1.82) is 0 Å². The van der Waals surface area contributed by atoms with E-state index >= 15 is 0 Å². The van der Waals surface area contributed by atoms with Gasteiger partial charge in [0.2, 0.25) is 0 Å². The number of aromatic nitrogens is 3. The van der Waals surface area contributed by atoms with Gasteiger partial charge < -0.3 is 4.57 Å². The van der Waals surface area contributed by atoms with E-state index in [0.29, 0.717) is 0 Å². The van der Waals surface area contributed by atoms with Gasteiger partial charge in [-0.05, 0) is 6.42 Å². The number of rotatable bonds is 13. The summed E-state index contributed by atoms with van der Waals surface area (Å²) in [6.07, 6.45) is 20.5. The Morgan fingerprint density at radius 1 is 0.632 bits per heavy atom. The standard InChI is InChI=1S/C16H31N3/c1-2-3-4-5-6-7-8-9-10-11-12-13-14-19-15-17-18-16-19/h15-16H,2-14H2,1H3. The molecule has 0 saturated carbocycles. The molecular weight excluding hydrogens is 234 g/mol. The molecule has 0 aliphatic carbocycles. The van der Waals surface area contributed by atoms with Gasteiger partial charge in [-0.3, -0.25) is 0 Å². The summed E-state index contributed by atoms with van der Waals surface area (Å²) in [5, 5.41) is 7.62. The summed E-state index contributed by atoms with van der Waals surface area (Å²) in [7, 11) is 0. The average Bonchev–Trinajstić information content (AvgIpc) is 2.93. The van der Waals surface area contributed by atoms with Crippen LogP contribution in [-0.4, -0.2) is 14.8 Å². The van der Waals surface area contributed by atoms with Gasteiger partial charge in [-0.1, -0.05) is 77.6 Å². The maximum Gasteiger partial charge on any atom is 0.119 e. The Morgan fingerprint density at radius 2 is 1.05 bits per heavy atom. The predicted octanol–water partition coefficient (Wildman–Crippen LogP) is 4.98. The minimum atomic E-state index is 1.07. The van der Waals surface area contributed by atoms with Crippen LogP contribution in [0.2, 0.25) is 0 Å². The highest BCUT2D eigenvalue weighted by molar-refractivity contribution is 4.59. The maximum absolute atomic E-state index is 3.81. The molecule has 1 aromatic rings. The zero-order valence-corrected chi connectivity index (χ0v) is 12.7. The number of aryl methyl sites for hydroxylation is 1. The molecule has 0 amide bonds. The van der Waals surface area contributed by atoms with Gasteiger partial charge in [0.15, 0.2) is 0 Å². The lowest BCUT2D eigenvalue weighted by Crippen LogP contribution is -1.94. The first-order chi connectivity index (χ1) is 9.43. The highest BCUT2D eigenvalue weighted by Crippen LogP contribution is 2.12. The van der Waals surface area contributed by atoms with Crippen LogP contribution in [0.4, 0.5) is 0 Å². The van der Waals surface area contributed by atoms with Crippen molar-refractivity contribution in [3.63, 3.8) is 0 Å². The third kappa shape index (κ3) is 9.69. The van der Waals surface area contributed by atoms with E-state index in [2.05, 4.69) is 21.7 Å². The second-order valence-corrected chi connectivity index (χ2v) is 5.59. The molecule has 0 aliphatic heterocycles.